The largest absolute Gasteiger partial charge is 0.380 e. The highest BCUT2D eigenvalue weighted by Gasteiger charge is 2.35. The van der Waals surface area contributed by atoms with E-state index < -0.39 is 6.04 Å². The first-order chi connectivity index (χ1) is 8.16. The Balaban J connectivity index is 2.27. The molecule has 2 N–H and O–H groups in total. The third-order valence-electron chi connectivity index (χ3n) is 3.07. The molecule has 4 nitrogen and oxygen atoms in total. The molecule has 1 aromatic rings. The number of carbonyl (C=O) groups excluding carboxylic acids is 1. The number of nitrogens with zero attached hydrogens (tertiary/aromatic N) is 1. The van der Waals surface area contributed by atoms with Gasteiger partial charge in [-0.05, 0) is 19.4 Å². The van der Waals surface area contributed by atoms with Crippen LogP contribution in [0, 0.1) is 6.92 Å². The quantitative estimate of drug-likeness (QED) is 0.801. The van der Waals surface area contributed by atoms with Crippen LogP contribution in [0.4, 0.5) is 5.69 Å². The van der Waals surface area contributed by atoms with Crippen molar-refractivity contribution in [3.8, 4) is 0 Å². The maximum absolute atomic E-state index is 12.1. The van der Waals surface area contributed by atoms with E-state index in [1.54, 1.807) is 4.90 Å². The van der Waals surface area contributed by atoms with Crippen molar-refractivity contribution in [3.05, 3.63) is 29.3 Å². The van der Waals surface area contributed by atoms with Crippen molar-refractivity contribution < 1.29 is 9.53 Å². The van der Waals surface area contributed by atoms with Crippen LogP contribution in [0.3, 0.4) is 0 Å². The summed E-state index contributed by atoms with van der Waals surface area (Å²) in [6.45, 7) is 5.71. The van der Waals surface area contributed by atoms with Gasteiger partial charge in [-0.3, -0.25) is 4.79 Å². The first kappa shape index (κ1) is 12.1. The normalized spacial score (nSPS) is 18.6. The Bertz CT molecular complexity index is 431. The highest BCUT2D eigenvalue weighted by molar-refractivity contribution is 6.05. The van der Waals surface area contributed by atoms with Crippen LogP contribution in [-0.2, 0) is 9.53 Å². The number of ether oxygens (including phenoxy) is 1. The molecule has 1 aliphatic heterocycles. The standard InChI is InChI=1S/C13H18N2O2/c1-3-17-8-7-15-12-9(2)5-4-6-10(12)11(14)13(15)16/h4-6,11H,3,7-8,14H2,1-2H3. The molecular weight excluding hydrogens is 216 g/mol. The predicted octanol–water partition coefficient (Wildman–Crippen LogP) is 1.38. The van der Waals surface area contributed by atoms with Crippen LogP contribution >= 0.6 is 0 Å². The Morgan fingerprint density at radius 3 is 2.94 bits per heavy atom. The Morgan fingerprint density at radius 1 is 1.47 bits per heavy atom. The van der Waals surface area contributed by atoms with E-state index in [1.165, 1.54) is 0 Å². The van der Waals surface area contributed by atoms with Gasteiger partial charge >= 0.3 is 0 Å². The summed E-state index contributed by atoms with van der Waals surface area (Å²) in [5, 5.41) is 0. The lowest BCUT2D eigenvalue weighted by molar-refractivity contribution is -0.119. The van der Waals surface area contributed by atoms with Gasteiger partial charge < -0.3 is 15.4 Å². The fourth-order valence-corrected chi connectivity index (χ4v) is 2.23. The molecule has 17 heavy (non-hydrogen) atoms. The second-order valence-electron chi connectivity index (χ2n) is 4.18. The van der Waals surface area contributed by atoms with Crippen molar-refractivity contribution in [1.29, 1.82) is 0 Å². The molecule has 0 spiro atoms. The maximum atomic E-state index is 12.1. The van der Waals surface area contributed by atoms with Crippen molar-refractivity contribution >= 4 is 11.6 Å². The lowest BCUT2D eigenvalue weighted by Gasteiger charge is -2.19. The molecule has 0 fully saturated rings. The summed E-state index contributed by atoms with van der Waals surface area (Å²) in [5.74, 6) is -0.0333. The van der Waals surface area contributed by atoms with Gasteiger partial charge in [0.05, 0.1) is 12.3 Å². The van der Waals surface area contributed by atoms with E-state index in [-0.39, 0.29) is 5.91 Å². The lowest BCUT2D eigenvalue weighted by atomic mass is 10.1. The van der Waals surface area contributed by atoms with Crippen LogP contribution in [0.1, 0.15) is 24.1 Å². The summed E-state index contributed by atoms with van der Waals surface area (Å²) < 4.78 is 5.30. The van der Waals surface area contributed by atoms with Gasteiger partial charge in [0.1, 0.15) is 6.04 Å². The fraction of sp³-hybridized carbons (Fsp3) is 0.462. The number of nitrogens with two attached hydrogens (primary N) is 1. The number of fused-ring (bicyclic) bond motifs is 1. The zero-order valence-electron chi connectivity index (χ0n) is 10.3. The highest BCUT2D eigenvalue weighted by atomic mass is 16.5. The molecule has 4 heteroatoms. The fourth-order valence-electron chi connectivity index (χ4n) is 2.23. The van der Waals surface area contributed by atoms with Gasteiger partial charge in [-0.25, -0.2) is 0 Å². The summed E-state index contributed by atoms with van der Waals surface area (Å²) in [6.07, 6.45) is 0. The molecule has 92 valence electrons. The van der Waals surface area contributed by atoms with E-state index in [4.69, 9.17) is 10.5 Å². The Hall–Kier alpha value is -1.39. The lowest BCUT2D eigenvalue weighted by Crippen LogP contribution is -2.34. The van der Waals surface area contributed by atoms with Crippen molar-refractivity contribution in [3.63, 3.8) is 0 Å². The molecule has 2 rings (SSSR count). The van der Waals surface area contributed by atoms with Crippen LogP contribution < -0.4 is 10.6 Å². The van der Waals surface area contributed by atoms with E-state index in [0.717, 1.165) is 16.8 Å². The highest BCUT2D eigenvalue weighted by Crippen LogP contribution is 2.36. The molecular formula is C13H18N2O2. The number of aryl methyl sites for hydroxylation is 1. The van der Waals surface area contributed by atoms with Crippen molar-refractivity contribution in [2.75, 3.05) is 24.7 Å². The summed E-state index contributed by atoms with van der Waals surface area (Å²) in [5.41, 5.74) is 8.89. The summed E-state index contributed by atoms with van der Waals surface area (Å²) >= 11 is 0. The van der Waals surface area contributed by atoms with Gasteiger partial charge in [-0.1, -0.05) is 18.2 Å². The van der Waals surface area contributed by atoms with Gasteiger partial charge in [-0.15, -0.1) is 0 Å². The number of benzene rings is 1. The van der Waals surface area contributed by atoms with Gasteiger partial charge in [0.2, 0.25) is 5.91 Å². The first-order valence-corrected chi connectivity index (χ1v) is 5.91. The minimum absolute atomic E-state index is 0.0333. The van der Waals surface area contributed by atoms with Gasteiger partial charge in [-0.2, -0.15) is 0 Å². The van der Waals surface area contributed by atoms with E-state index in [0.29, 0.717) is 19.8 Å². The van der Waals surface area contributed by atoms with Gasteiger partial charge in [0.15, 0.2) is 0 Å². The van der Waals surface area contributed by atoms with Gasteiger partial charge in [0.25, 0.3) is 0 Å². The smallest absolute Gasteiger partial charge is 0.248 e. The number of hydrogen-bond acceptors (Lipinski definition) is 3. The zero-order chi connectivity index (χ0) is 12.4. The number of anilines is 1. The second-order valence-corrected chi connectivity index (χ2v) is 4.18. The second kappa shape index (κ2) is 4.85. The molecule has 1 aliphatic rings. The minimum atomic E-state index is -0.522. The summed E-state index contributed by atoms with van der Waals surface area (Å²) in [7, 11) is 0. The molecule has 1 aromatic carbocycles. The zero-order valence-corrected chi connectivity index (χ0v) is 10.3. The molecule has 0 saturated heterocycles. The Kier molecular flexibility index (Phi) is 3.45. The first-order valence-electron chi connectivity index (χ1n) is 5.91. The van der Waals surface area contributed by atoms with Crippen LogP contribution in [0.25, 0.3) is 0 Å². The van der Waals surface area contributed by atoms with Crippen LogP contribution in [-0.4, -0.2) is 25.7 Å². The molecule has 1 atom stereocenters. The van der Waals surface area contributed by atoms with Crippen molar-refractivity contribution in [2.45, 2.75) is 19.9 Å². The minimum Gasteiger partial charge on any atom is -0.380 e. The molecule has 0 aliphatic carbocycles. The molecule has 1 amide bonds. The Labute approximate surface area is 101 Å². The van der Waals surface area contributed by atoms with E-state index in [2.05, 4.69) is 0 Å². The summed E-state index contributed by atoms with van der Waals surface area (Å²) in [6, 6.07) is 5.34. The van der Waals surface area contributed by atoms with E-state index in [9.17, 15) is 4.79 Å². The van der Waals surface area contributed by atoms with Gasteiger partial charge in [0, 0.05) is 18.7 Å². The monoisotopic (exact) mass is 234 g/mol. The number of para-hydroxylation sites is 1. The van der Waals surface area contributed by atoms with Crippen LogP contribution in [0.2, 0.25) is 0 Å². The van der Waals surface area contributed by atoms with Crippen molar-refractivity contribution in [2.24, 2.45) is 5.73 Å². The number of rotatable bonds is 4. The molecule has 0 aromatic heterocycles. The topological polar surface area (TPSA) is 55.6 Å². The van der Waals surface area contributed by atoms with E-state index in [1.807, 2.05) is 32.0 Å². The van der Waals surface area contributed by atoms with E-state index >= 15 is 0 Å². The van der Waals surface area contributed by atoms with Crippen LogP contribution in [0.15, 0.2) is 18.2 Å². The van der Waals surface area contributed by atoms with Crippen LogP contribution in [0.5, 0.6) is 0 Å². The molecule has 0 radical (unpaired) electrons. The predicted molar refractivity (Wildman–Crippen MR) is 67.0 cm³/mol. The average Bonchev–Trinajstić information content (AvgIpc) is 2.56. The number of hydrogen-bond donors (Lipinski definition) is 1. The molecule has 0 saturated carbocycles. The third-order valence-corrected chi connectivity index (χ3v) is 3.07. The molecule has 0 bridgehead atoms. The maximum Gasteiger partial charge on any atom is 0.248 e. The number of amides is 1. The molecule has 1 heterocycles. The Morgan fingerprint density at radius 2 is 2.24 bits per heavy atom. The SMILES string of the molecule is CCOCCN1C(=O)C(N)c2cccc(C)c21. The summed E-state index contributed by atoms with van der Waals surface area (Å²) in [4.78, 5) is 13.8. The molecule has 1 unspecified atom stereocenters. The average molecular weight is 234 g/mol. The van der Waals surface area contributed by atoms with Crippen molar-refractivity contribution in [1.82, 2.24) is 0 Å². The third kappa shape index (κ3) is 2.06. The number of carbonyl (C=O) groups is 1.